The quantitative estimate of drug-likeness (QED) is 0.379. The molecule has 2 unspecified atom stereocenters. The number of fused-ring (bicyclic) bond motifs is 1. The lowest BCUT2D eigenvalue weighted by Crippen LogP contribution is -2.40. The summed E-state index contributed by atoms with van der Waals surface area (Å²) < 4.78 is 30.6. The first-order valence-electron chi connectivity index (χ1n) is 12.5. The minimum atomic E-state index is -0.958. The van der Waals surface area contributed by atoms with Gasteiger partial charge >= 0.3 is 0 Å². The molecule has 0 saturated heterocycles. The zero-order valence-electron chi connectivity index (χ0n) is 21.6. The lowest BCUT2D eigenvalue weighted by Gasteiger charge is -2.41. The highest BCUT2D eigenvalue weighted by Crippen LogP contribution is 2.61. The van der Waals surface area contributed by atoms with E-state index >= 15 is 0 Å². The Morgan fingerprint density at radius 2 is 1.82 bits per heavy atom. The predicted molar refractivity (Wildman–Crippen MR) is 134 cm³/mol. The highest BCUT2D eigenvalue weighted by molar-refractivity contribution is 5.63. The van der Waals surface area contributed by atoms with Crippen molar-refractivity contribution in [3.8, 4) is 17.2 Å². The molecule has 3 aromatic heterocycles. The van der Waals surface area contributed by atoms with E-state index in [4.69, 9.17) is 10.1 Å². The van der Waals surface area contributed by atoms with Gasteiger partial charge in [0.25, 0.3) is 5.95 Å². The number of hydrogen-bond acceptors (Lipinski definition) is 8. The van der Waals surface area contributed by atoms with Crippen molar-refractivity contribution in [1.29, 1.82) is 0 Å². The topological polar surface area (TPSA) is 123 Å². The molecule has 4 aromatic rings. The van der Waals surface area contributed by atoms with E-state index in [2.05, 4.69) is 53.0 Å². The van der Waals surface area contributed by atoms with Gasteiger partial charge in [0, 0.05) is 12.6 Å². The molecule has 0 radical (unpaired) electrons. The molecule has 1 aliphatic carbocycles. The van der Waals surface area contributed by atoms with Crippen LogP contribution >= 0.6 is 0 Å². The molecule has 1 aromatic carbocycles. The maximum atomic E-state index is 14.6. The van der Waals surface area contributed by atoms with Crippen LogP contribution in [0.2, 0.25) is 0 Å². The molecule has 0 fully saturated rings. The van der Waals surface area contributed by atoms with Crippen molar-refractivity contribution in [3.63, 3.8) is 0 Å². The number of aliphatic hydroxyl groups is 2. The molecule has 0 saturated carbocycles. The summed E-state index contributed by atoms with van der Waals surface area (Å²) in [4.78, 5) is 13.4. The molecule has 5 rings (SSSR count). The van der Waals surface area contributed by atoms with Gasteiger partial charge in [0.1, 0.15) is 18.0 Å². The molecule has 9 nitrogen and oxygen atoms in total. The van der Waals surface area contributed by atoms with Gasteiger partial charge in [-0.3, -0.25) is 0 Å². The van der Waals surface area contributed by atoms with Gasteiger partial charge in [0.05, 0.1) is 40.8 Å². The maximum Gasteiger partial charge on any atom is 0.252 e. The van der Waals surface area contributed by atoms with Gasteiger partial charge in [0.15, 0.2) is 5.82 Å². The van der Waals surface area contributed by atoms with Gasteiger partial charge in [-0.15, -0.1) is 10.2 Å². The van der Waals surface area contributed by atoms with Gasteiger partial charge in [0.2, 0.25) is 0 Å². The molecule has 3 atom stereocenters. The number of aromatic nitrogens is 7. The number of rotatable bonds is 7. The van der Waals surface area contributed by atoms with Crippen molar-refractivity contribution in [3.05, 3.63) is 77.3 Å². The Hall–Kier alpha value is -3.70. The summed E-state index contributed by atoms with van der Waals surface area (Å²) in [6, 6.07) is 7.32. The Bertz CT molecular complexity index is 1470. The largest absolute Gasteiger partial charge is 0.394 e. The van der Waals surface area contributed by atoms with Crippen LogP contribution in [0.25, 0.3) is 17.2 Å². The summed E-state index contributed by atoms with van der Waals surface area (Å²) in [6.07, 6.45) is 3.01. The van der Waals surface area contributed by atoms with Gasteiger partial charge < -0.3 is 10.2 Å². The highest BCUT2D eigenvalue weighted by atomic mass is 19.1. The van der Waals surface area contributed by atoms with Crippen molar-refractivity contribution < 1.29 is 19.0 Å². The van der Waals surface area contributed by atoms with Crippen molar-refractivity contribution in [2.75, 3.05) is 6.61 Å². The highest BCUT2D eigenvalue weighted by Gasteiger charge is 2.57. The van der Waals surface area contributed by atoms with E-state index < -0.39 is 35.2 Å². The zero-order valence-corrected chi connectivity index (χ0v) is 21.6. The van der Waals surface area contributed by atoms with Crippen molar-refractivity contribution in [1.82, 2.24) is 34.9 Å². The first kappa shape index (κ1) is 25.9. The molecule has 0 aliphatic heterocycles. The summed E-state index contributed by atoms with van der Waals surface area (Å²) in [5, 5.41) is 32.0. The average Bonchev–Trinajstić information content (AvgIpc) is 3.43. The summed E-state index contributed by atoms with van der Waals surface area (Å²) >= 11 is 0. The van der Waals surface area contributed by atoms with Crippen LogP contribution in [0.1, 0.15) is 62.8 Å². The Labute approximate surface area is 218 Å². The fraction of sp³-hybridized carbons (Fsp3) is 0.407. The SMILES string of the molecule is CCC1c2cc(-c3c(F)cccc3F)nnc2C(C)(c2ccnc(-n3cnc(C[C@@H](O)CO)n3)n2)C1(C)C. The molecule has 1 aliphatic rings. The Morgan fingerprint density at radius 3 is 2.50 bits per heavy atom. The molecule has 0 amide bonds. The van der Waals surface area contributed by atoms with Gasteiger partial charge in [-0.05, 0) is 54.5 Å². The molecular formula is C27H29F2N7O2. The zero-order chi connectivity index (χ0) is 27.2. The molecule has 0 spiro atoms. The van der Waals surface area contributed by atoms with Crippen molar-refractivity contribution >= 4 is 0 Å². The normalized spacial score (nSPS) is 20.9. The minimum Gasteiger partial charge on any atom is -0.394 e. The molecule has 11 heteroatoms. The van der Waals surface area contributed by atoms with Crippen LogP contribution in [-0.2, 0) is 11.8 Å². The molecule has 38 heavy (non-hydrogen) atoms. The fourth-order valence-electron chi connectivity index (χ4n) is 5.65. The van der Waals surface area contributed by atoms with Gasteiger partial charge in [-0.25, -0.2) is 23.7 Å². The average molecular weight is 522 g/mol. The number of nitrogens with zero attached hydrogens (tertiary/aromatic N) is 7. The first-order chi connectivity index (χ1) is 18.1. The number of hydrogen-bond donors (Lipinski definition) is 2. The lowest BCUT2D eigenvalue weighted by molar-refractivity contribution is 0.0939. The second kappa shape index (κ2) is 9.55. The van der Waals surface area contributed by atoms with Gasteiger partial charge in [-0.2, -0.15) is 9.78 Å². The summed E-state index contributed by atoms with van der Waals surface area (Å²) in [6.45, 7) is 8.01. The van der Waals surface area contributed by atoms with Crippen LogP contribution in [0.4, 0.5) is 8.78 Å². The Morgan fingerprint density at radius 1 is 1.08 bits per heavy atom. The third kappa shape index (κ3) is 3.97. The molecule has 0 bridgehead atoms. The third-order valence-corrected chi connectivity index (χ3v) is 7.99. The van der Waals surface area contributed by atoms with Crippen LogP contribution in [0, 0.1) is 17.0 Å². The Kier molecular flexibility index (Phi) is 6.52. The van der Waals surface area contributed by atoms with Gasteiger partial charge in [-0.1, -0.05) is 26.8 Å². The molecule has 2 N–H and O–H groups in total. The second-order valence-electron chi connectivity index (χ2n) is 10.3. The smallest absolute Gasteiger partial charge is 0.252 e. The summed E-state index contributed by atoms with van der Waals surface area (Å²) in [5.74, 6) is -0.722. The van der Waals surface area contributed by atoms with Crippen LogP contribution in [-0.4, -0.2) is 57.9 Å². The minimum absolute atomic E-state index is 0.0166. The second-order valence-corrected chi connectivity index (χ2v) is 10.3. The molecule has 3 heterocycles. The van der Waals surface area contributed by atoms with Crippen LogP contribution < -0.4 is 0 Å². The summed E-state index contributed by atoms with van der Waals surface area (Å²) in [5.41, 5.74) is 1.13. The van der Waals surface area contributed by atoms with Crippen LogP contribution in [0.3, 0.4) is 0 Å². The van der Waals surface area contributed by atoms with E-state index in [9.17, 15) is 13.9 Å². The van der Waals surface area contributed by atoms with E-state index in [0.717, 1.165) is 12.0 Å². The third-order valence-electron chi connectivity index (χ3n) is 7.99. The van der Waals surface area contributed by atoms with Crippen LogP contribution in [0.15, 0.2) is 42.9 Å². The first-order valence-corrected chi connectivity index (χ1v) is 12.5. The monoisotopic (exact) mass is 521 g/mol. The van der Waals surface area contributed by atoms with E-state index in [1.165, 1.54) is 29.2 Å². The number of benzene rings is 1. The van der Waals surface area contributed by atoms with E-state index in [1.54, 1.807) is 12.3 Å². The van der Waals surface area contributed by atoms with E-state index in [0.29, 0.717) is 17.2 Å². The number of halogens is 2. The maximum absolute atomic E-state index is 14.6. The van der Waals surface area contributed by atoms with E-state index in [1.807, 2.05) is 6.07 Å². The molecular weight excluding hydrogens is 492 g/mol. The van der Waals surface area contributed by atoms with Crippen LogP contribution in [0.5, 0.6) is 0 Å². The fourth-order valence-corrected chi connectivity index (χ4v) is 5.65. The molecule has 198 valence electrons. The summed E-state index contributed by atoms with van der Waals surface area (Å²) in [7, 11) is 0. The standard InChI is InChI=1S/C27H29F2N7O2/c1-5-17-16-12-20(23-18(28)7-6-8-19(23)29)33-34-24(16)27(4,26(17,2)3)21-9-10-30-25(32-21)36-14-31-22(35-36)11-15(38)13-37/h6-10,12,14-15,17,37-38H,5,11,13H2,1-4H3/t15-,17?,27?/m1/s1. The predicted octanol–water partition coefficient (Wildman–Crippen LogP) is 3.53. The Balaban J connectivity index is 1.61. The van der Waals surface area contributed by atoms with Crippen molar-refractivity contribution in [2.45, 2.75) is 58.0 Å². The van der Waals surface area contributed by atoms with Crippen molar-refractivity contribution in [2.24, 2.45) is 5.41 Å². The lowest BCUT2D eigenvalue weighted by atomic mass is 9.62. The van der Waals surface area contributed by atoms with E-state index in [-0.39, 0.29) is 29.5 Å². The number of aliphatic hydroxyl groups excluding tert-OH is 2.